The molecule has 4 rings (SSSR count). The summed E-state index contributed by atoms with van der Waals surface area (Å²) < 4.78 is 21.0. The number of hydrogen-bond acceptors (Lipinski definition) is 3. The van der Waals surface area contributed by atoms with E-state index in [9.17, 15) is 9.18 Å². The van der Waals surface area contributed by atoms with E-state index in [2.05, 4.69) is 9.88 Å². The number of nitrogens with one attached hydrogen (secondary N) is 1. The molecule has 7 heteroatoms. The third-order valence-corrected chi connectivity index (χ3v) is 5.12. The molecule has 1 aromatic heterocycles. The van der Waals surface area contributed by atoms with Crippen LogP contribution in [0.4, 0.5) is 4.39 Å². The molecule has 0 atom stereocenters. The number of carbonyl (C=O) groups excluding carboxylic acids is 1. The van der Waals surface area contributed by atoms with Gasteiger partial charge in [0.25, 0.3) is 5.91 Å². The van der Waals surface area contributed by atoms with Gasteiger partial charge in [0.05, 0.1) is 17.6 Å². The largest absolute Gasteiger partial charge is 0.492 e. The predicted molar refractivity (Wildman–Crippen MR) is 119 cm³/mol. The molecule has 4 aromatic rings. The van der Waals surface area contributed by atoms with Gasteiger partial charge in [0, 0.05) is 23.6 Å². The molecular weight excluding hydrogens is 417 g/mol. The molecule has 0 spiro atoms. The van der Waals surface area contributed by atoms with Gasteiger partial charge in [0.1, 0.15) is 24.0 Å². The Morgan fingerprint density at radius 3 is 2.55 bits per heavy atom. The van der Waals surface area contributed by atoms with E-state index in [0.29, 0.717) is 36.7 Å². The maximum absolute atomic E-state index is 13.0. The van der Waals surface area contributed by atoms with E-state index in [-0.39, 0.29) is 11.7 Å². The summed E-state index contributed by atoms with van der Waals surface area (Å²) in [5, 5.41) is 3.53. The van der Waals surface area contributed by atoms with Crippen molar-refractivity contribution in [3.8, 4) is 5.75 Å². The fourth-order valence-corrected chi connectivity index (χ4v) is 3.47. The summed E-state index contributed by atoms with van der Waals surface area (Å²) in [5.41, 5.74) is 2.34. The smallest absolute Gasteiger partial charge is 0.251 e. The van der Waals surface area contributed by atoms with Crippen LogP contribution in [0.2, 0.25) is 5.02 Å². The van der Waals surface area contributed by atoms with Crippen molar-refractivity contribution in [2.24, 2.45) is 0 Å². The minimum Gasteiger partial charge on any atom is -0.492 e. The number of imidazole rings is 1. The van der Waals surface area contributed by atoms with Crippen LogP contribution in [0.15, 0.2) is 72.8 Å². The zero-order chi connectivity index (χ0) is 21.6. The molecule has 5 nitrogen and oxygen atoms in total. The molecule has 0 radical (unpaired) electrons. The Bertz CT molecular complexity index is 1170. The first-order chi connectivity index (χ1) is 15.1. The van der Waals surface area contributed by atoms with Gasteiger partial charge in [-0.05, 0) is 60.7 Å². The fourth-order valence-electron chi connectivity index (χ4n) is 3.34. The van der Waals surface area contributed by atoms with Gasteiger partial charge in [0.2, 0.25) is 0 Å². The lowest BCUT2D eigenvalue weighted by Gasteiger charge is -2.11. The highest BCUT2D eigenvalue weighted by atomic mass is 35.5. The summed E-state index contributed by atoms with van der Waals surface area (Å²) in [4.78, 5) is 17.0. The molecule has 1 heterocycles. The summed E-state index contributed by atoms with van der Waals surface area (Å²) in [5.74, 6) is 1.00. The van der Waals surface area contributed by atoms with Gasteiger partial charge < -0.3 is 14.6 Å². The normalized spacial score (nSPS) is 10.9. The quantitative estimate of drug-likeness (QED) is 0.427. The van der Waals surface area contributed by atoms with Gasteiger partial charge in [0.15, 0.2) is 0 Å². The van der Waals surface area contributed by atoms with Crippen molar-refractivity contribution < 1.29 is 13.9 Å². The molecule has 1 N–H and O–H groups in total. The summed E-state index contributed by atoms with van der Waals surface area (Å²) in [6, 6.07) is 20.6. The van der Waals surface area contributed by atoms with E-state index < -0.39 is 0 Å². The van der Waals surface area contributed by atoms with Crippen LogP contribution >= 0.6 is 11.6 Å². The third kappa shape index (κ3) is 5.22. The second kappa shape index (κ2) is 9.62. The third-order valence-electron chi connectivity index (χ3n) is 4.87. The SMILES string of the molecule is O=C(NCCc1nc2ccccc2n1CCOc1ccc(Cl)cc1)c1ccc(F)cc1. The standard InChI is InChI=1S/C24H21ClFN3O2/c25-18-7-11-20(12-8-18)31-16-15-29-22-4-2-1-3-21(22)28-23(29)13-14-27-24(30)17-5-9-19(26)10-6-17/h1-12H,13-16H2,(H,27,30). The number of hydrogen-bond donors (Lipinski definition) is 1. The number of ether oxygens (including phenoxy) is 1. The van der Waals surface area contributed by atoms with E-state index in [0.717, 1.165) is 22.6 Å². The van der Waals surface area contributed by atoms with Gasteiger partial charge in [-0.3, -0.25) is 4.79 Å². The number of aromatic nitrogens is 2. The number of para-hydroxylation sites is 2. The van der Waals surface area contributed by atoms with Gasteiger partial charge in [-0.2, -0.15) is 0 Å². The molecule has 0 aliphatic rings. The predicted octanol–water partition coefficient (Wildman–Crippen LogP) is 4.88. The average Bonchev–Trinajstić information content (AvgIpc) is 3.13. The van der Waals surface area contributed by atoms with E-state index in [1.165, 1.54) is 24.3 Å². The highest BCUT2D eigenvalue weighted by Gasteiger charge is 2.12. The molecular formula is C24H21ClFN3O2. The molecule has 0 saturated heterocycles. The molecule has 158 valence electrons. The maximum atomic E-state index is 13.0. The zero-order valence-corrected chi connectivity index (χ0v) is 17.5. The fraction of sp³-hybridized carbons (Fsp3) is 0.167. The van der Waals surface area contributed by atoms with Gasteiger partial charge in [-0.15, -0.1) is 0 Å². The average molecular weight is 438 g/mol. The summed E-state index contributed by atoms with van der Waals surface area (Å²) >= 11 is 5.92. The van der Waals surface area contributed by atoms with Crippen LogP contribution in [0.1, 0.15) is 16.2 Å². The van der Waals surface area contributed by atoms with E-state index in [1.54, 1.807) is 12.1 Å². The monoisotopic (exact) mass is 437 g/mol. The molecule has 0 fully saturated rings. The first-order valence-electron chi connectivity index (χ1n) is 9.96. The van der Waals surface area contributed by atoms with Crippen molar-refractivity contribution in [1.29, 1.82) is 0 Å². The van der Waals surface area contributed by atoms with Gasteiger partial charge in [-0.25, -0.2) is 9.37 Å². The molecule has 0 aliphatic carbocycles. The zero-order valence-electron chi connectivity index (χ0n) is 16.7. The van der Waals surface area contributed by atoms with Crippen molar-refractivity contribution in [2.45, 2.75) is 13.0 Å². The number of halogens is 2. The summed E-state index contributed by atoms with van der Waals surface area (Å²) in [6.07, 6.45) is 0.558. The summed E-state index contributed by atoms with van der Waals surface area (Å²) in [7, 11) is 0. The van der Waals surface area contributed by atoms with Crippen LogP contribution in [0.25, 0.3) is 11.0 Å². The van der Waals surface area contributed by atoms with Crippen molar-refractivity contribution >= 4 is 28.5 Å². The van der Waals surface area contributed by atoms with E-state index in [1.807, 2.05) is 36.4 Å². The van der Waals surface area contributed by atoms with Crippen LogP contribution in [0.5, 0.6) is 5.75 Å². The molecule has 0 aliphatic heterocycles. The number of benzene rings is 3. The van der Waals surface area contributed by atoms with Crippen molar-refractivity contribution in [3.05, 3.63) is 95.0 Å². The molecule has 3 aromatic carbocycles. The van der Waals surface area contributed by atoms with Crippen LogP contribution in [0, 0.1) is 5.82 Å². The first-order valence-corrected chi connectivity index (χ1v) is 10.3. The van der Waals surface area contributed by atoms with Crippen molar-refractivity contribution in [2.75, 3.05) is 13.2 Å². The lowest BCUT2D eigenvalue weighted by molar-refractivity contribution is 0.0954. The minimum atomic E-state index is -0.369. The minimum absolute atomic E-state index is 0.242. The van der Waals surface area contributed by atoms with Crippen molar-refractivity contribution in [1.82, 2.24) is 14.9 Å². The van der Waals surface area contributed by atoms with E-state index >= 15 is 0 Å². The Hall–Kier alpha value is -3.38. The summed E-state index contributed by atoms with van der Waals surface area (Å²) in [6.45, 7) is 1.50. The Labute approximate surface area is 184 Å². The van der Waals surface area contributed by atoms with Crippen LogP contribution in [-0.2, 0) is 13.0 Å². The Balaban J connectivity index is 1.41. The molecule has 1 amide bonds. The Morgan fingerprint density at radius 1 is 1.03 bits per heavy atom. The second-order valence-corrected chi connectivity index (χ2v) is 7.42. The molecule has 0 saturated carbocycles. The maximum Gasteiger partial charge on any atom is 0.251 e. The lowest BCUT2D eigenvalue weighted by atomic mass is 10.2. The van der Waals surface area contributed by atoms with Crippen LogP contribution < -0.4 is 10.1 Å². The Morgan fingerprint density at radius 2 is 1.77 bits per heavy atom. The van der Waals surface area contributed by atoms with E-state index in [4.69, 9.17) is 21.3 Å². The topological polar surface area (TPSA) is 56.2 Å². The Kier molecular flexibility index (Phi) is 6.48. The highest BCUT2D eigenvalue weighted by Crippen LogP contribution is 2.18. The van der Waals surface area contributed by atoms with Gasteiger partial charge >= 0.3 is 0 Å². The number of rotatable bonds is 8. The number of carbonyl (C=O) groups is 1. The second-order valence-electron chi connectivity index (χ2n) is 6.98. The molecule has 31 heavy (non-hydrogen) atoms. The molecule has 0 unspecified atom stereocenters. The van der Waals surface area contributed by atoms with Gasteiger partial charge in [-0.1, -0.05) is 23.7 Å². The number of amides is 1. The molecule has 0 bridgehead atoms. The van der Waals surface area contributed by atoms with Crippen LogP contribution in [-0.4, -0.2) is 28.6 Å². The highest BCUT2D eigenvalue weighted by molar-refractivity contribution is 6.30. The number of fused-ring (bicyclic) bond motifs is 1. The first kappa shape index (κ1) is 20.9. The van der Waals surface area contributed by atoms with Crippen molar-refractivity contribution in [3.63, 3.8) is 0 Å². The number of nitrogens with zero attached hydrogens (tertiary/aromatic N) is 2. The van der Waals surface area contributed by atoms with Crippen LogP contribution in [0.3, 0.4) is 0 Å². The lowest BCUT2D eigenvalue weighted by Crippen LogP contribution is -2.26.